The molecule has 1 aliphatic heterocycles. The first kappa shape index (κ1) is 11.4. The van der Waals surface area contributed by atoms with Gasteiger partial charge in [-0.3, -0.25) is 4.79 Å². The third kappa shape index (κ3) is 2.03. The number of ether oxygens (including phenoxy) is 2. The first-order valence-electron chi connectivity index (χ1n) is 6.43. The number of hydrogen-bond donors (Lipinski definition) is 1. The van der Waals surface area contributed by atoms with Crippen molar-refractivity contribution in [1.82, 2.24) is 5.32 Å². The predicted octanol–water partition coefficient (Wildman–Crippen LogP) is 1.97. The largest absolute Gasteiger partial charge is 0.486 e. The van der Waals surface area contributed by atoms with Crippen LogP contribution in [0.5, 0.6) is 11.5 Å². The molecule has 0 bridgehead atoms. The smallest absolute Gasteiger partial charge is 0.217 e. The Morgan fingerprint density at radius 1 is 1.28 bits per heavy atom. The highest BCUT2D eigenvalue weighted by Crippen LogP contribution is 2.39. The molecule has 3 rings (SSSR count). The Kier molecular flexibility index (Phi) is 2.86. The summed E-state index contributed by atoms with van der Waals surface area (Å²) in [6, 6.07) is 4.21. The average Bonchev–Trinajstić information content (AvgIpc) is 2.36. The van der Waals surface area contributed by atoms with Crippen molar-refractivity contribution < 1.29 is 14.3 Å². The van der Waals surface area contributed by atoms with Gasteiger partial charge in [0.2, 0.25) is 5.91 Å². The van der Waals surface area contributed by atoms with Crippen molar-refractivity contribution in [3.05, 3.63) is 23.3 Å². The van der Waals surface area contributed by atoms with Gasteiger partial charge in [0.05, 0.1) is 6.04 Å². The lowest BCUT2D eigenvalue weighted by Gasteiger charge is -2.28. The van der Waals surface area contributed by atoms with E-state index in [0.29, 0.717) is 13.2 Å². The summed E-state index contributed by atoms with van der Waals surface area (Å²) in [6.07, 6.45) is 3.13. The van der Waals surface area contributed by atoms with E-state index in [1.807, 2.05) is 6.07 Å². The van der Waals surface area contributed by atoms with Crippen molar-refractivity contribution in [2.24, 2.45) is 0 Å². The lowest BCUT2D eigenvalue weighted by Crippen LogP contribution is -2.29. The van der Waals surface area contributed by atoms with Gasteiger partial charge in [-0.2, -0.15) is 0 Å². The molecule has 1 heterocycles. The summed E-state index contributed by atoms with van der Waals surface area (Å²) in [4.78, 5) is 11.2. The SMILES string of the molecule is CC(=O)NC1CCCc2cc3c(cc21)OCCO3. The number of nitrogens with one attached hydrogen (secondary N) is 1. The molecule has 4 heteroatoms. The predicted molar refractivity (Wildman–Crippen MR) is 66.9 cm³/mol. The van der Waals surface area contributed by atoms with E-state index in [0.717, 1.165) is 30.8 Å². The molecule has 1 aromatic rings. The first-order chi connectivity index (χ1) is 8.74. The van der Waals surface area contributed by atoms with Gasteiger partial charge < -0.3 is 14.8 Å². The molecule has 0 saturated carbocycles. The van der Waals surface area contributed by atoms with Gasteiger partial charge >= 0.3 is 0 Å². The van der Waals surface area contributed by atoms with E-state index in [1.54, 1.807) is 6.92 Å². The summed E-state index contributed by atoms with van der Waals surface area (Å²) < 4.78 is 11.2. The Balaban J connectivity index is 1.98. The molecule has 2 aliphatic rings. The van der Waals surface area contributed by atoms with E-state index in [2.05, 4.69) is 11.4 Å². The van der Waals surface area contributed by atoms with Crippen LogP contribution in [-0.2, 0) is 11.2 Å². The van der Waals surface area contributed by atoms with Crippen LogP contribution in [0, 0.1) is 0 Å². The maximum atomic E-state index is 11.2. The van der Waals surface area contributed by atoms with Crippen LogP contribution in [0.2, 0.25) is 0 Å². The van der Waals surface area contributed by atoms with Gasteiger partial charge in [0, 0.05) is 6.92 Å². The molecule has 1 N–H and O–H groups in total. The molecule has 0 aromatic heterocycles. The maximum Gasteiger partial charge on any atom is 0.217 e. The van der Waals surface area contributed by atoms with Crippen LogP contribution in [0.1, 0.15) is 36.9 Å². The summed E-state index contributed by atoms with van der Waals surface area (Å²) in [5.41, 5.74) is 2.45. The van der Waals surface area contributed by atoms with Crippen LogP contribution >= 0.6 is 0 Å². The third-order valence-electron chi connectivity index (χ3n) is 3.50. The maximum absolute atomic E-state index is 11.2. The number of benzene rings is 1. The standard InChI is InChI=1S/C14H17NO3/c1-9(16)15-12-4-2-3-10-7-13-14(8-11(10)12)18-6-5-17-13/h7-8,12H,2-6H2,1H3,(H,15,16). The van der Waals surface area contributed by atoms with Crippen LogP contribution < -0.4 is 14.8 Å². The summed E-state index contributed by atoms with van der Waals surface area (Å²) in [5, 5.41) is 3.01. The zero-order chi connectivity index (χ0) is 12.5. The number of aryl methyl sites for hydroxylation is 1. The van der Waals surface area contributed by atoms with Gasteiger partial charge in [-0.1, -0.05) is 0 Å². The summed E-state index contributed by atoms with van der Waals surface area (Å²) in [6.45, 7) is 2.77. The van der Waals surface area contributed by atoms with Gasteiger partial charge in [0.1, 0.15) is 13.2 Å². The molecule has 4 nitrogen and oxygen atoms in total. The minimum absolute atomic E-state index is 0.0164. The van der Waals surface area contributed by atoms with E-state index in [4.69, 9.17) is 9.47 Å². The molecule has 18 heavy (non-hydrogen) atoms. The van der Waals surface area contributed by atoms with Crippen molar-refractivity contribution in [3.8, 4) is 11.5 Å². The zero-order valence-corrected chi connectivity index (χ0v) is 10.5. The average molecular weight is 247 g/mol. The molecule has 1 aromatic carbocycles. The minimum Gasteiger partial charge on any atom is -0.486 e. The van der Waals surface area contributed by atoms with Crippen LogP contribution in [0.4, 0.5) is 0 Å². The third-order valence-corrected chi connectivity index (χ3v) is 3.50. The van der Waals surface area contributed by atoms with E-state index in [1.165, 1.54) is 11.1 Å². The van der Waals surface area contributed by atoms with Crippen molar-refractivity contribution in [2.75, 3.05) is 13.2 Å². The Bertz CT molecular complexity index is 484. The van der Waals surface area contributed by atoms with Crippen molar-refractivity contribution in [3.63, 3.8) is 0 Å². The Morgan fingerprint density at radius 3 is 2.72 bits per heavy atom. The van der Waals surface area contributed by atoms with Gasteiger partial charge in [0.25, 0.3) is 0 Å². The molecule has 0 saturated heterocycles. The molecule has 0 fully saturated rings. The monoisotopic (exact) mass is 247 g/mol. The van der Waals surface area contributed by atoms with E-state index < -0.39 is 0 Å². The molecule has 1 unspecified atom stereocenters. The molecule has 1 atom stereocenters. The lowest BCUT2D eigenvalue weighted by atomic mass is 9.87. The highest BCUT2D eigenvalue weighted by atomic mass is 16.6. The van der Waals surface area contributed by atoms with E-state index in [9.17, 15) is 4.79 Å². The Labute approximate surface area is 106 Å². The number of hydrogen-bond acceptors (Lipinski definition) is 3. The summed E-state index contributed by atoms with van der Waals surface area (Å²) in [5.74, 6) is 1.66. The fourth-order valence-electron chi connectivity index (χ4n) is 2.73. The van der Waals surface area contributed by atoms with Crippen molar-refractivity contribution in [1.29, 1.82) is 0 Å². The lowest BCUT2D eigenvalue weighted by molar-refractivity contribution is -0.119. The first-order valence-corrected chi connectivity index (χ1v) is 6.43. The number of rotatable bonds is 1. The number of carbonyl (C=O) groups is 1. The van der Waals surface area contributed by atoms with Crippen LogP contribution in [-0.4, -0.2) is 19.1 Å². The van der Waals surface area contributed by atoms with Crippen LogP contribution in [0.15, 0.2) is 12.1 Å². The van der Waals surface area contributed by atoms with Gasteiger partial charge in [-0.05, 0) is 42.5 Å². The molecular weight excluding hydrogens is 230 g/mol. The fourth-order valence-corrected chi connectivity index (χ4v) is 2.73. The van der Waals surface area contributed by atoms with Gasteiger partial charge in [-0.15, -0.1) is 0 Å². The Morgan fingerprint density at radius 2 is 2.00 bits per heavy atom. The van der Waals surface area contributed by atoms with E-state index in [-0.39, 0.29) is 11.9 Å². The second-order valence-corrected chi connectivity index (χ2v) is 4.84. The Hall–Kier alpha value is -1.71. The molecule has 96 valence electrons. The highest BCUT2D eigenvalue weighted by molar-refractivity contribution is 5.73. The number of amides is 1. The van der Waals surface area contributed by atoms with Crippen LogP contribution in [0.3, 0.4) is 0 Å². The quantitative estimate of drug-likeness (QED) is 0.825. The second-order valence-electron chi connectivity index (χ2n) is 4.84. The summed E-state index contributed by atoms with van der Waals surface area (Å²) >= 11 is 0. The van der Waals surface area contributed by atoms with E-state index >= 15 is 0 Å². The molecule has 1 amide bonds. The van der Waals surface area contributed by atoms with Gasteiger partial charge in [0.15, 0.2) is 11.5 Å². The highest BCUT2D eigenvalue weighted by Gasteiger charge is 2.24. The fraction of sp³-hybridized carbons (Fsp3) is 0.500. The molecular formula is C14H17NO3. The minimum atomic E-state index is 0.0164. The number of fused-ring (bicyclic) bond motifs is 2. The zero-order valence-electron chi connectivity index (χ0n) is 10.5. The second kappa shape index (κ2) is 4.52. The summed E-state index contributed by atoms with van der Waals surface area (Å²) in [7, 11) is 0. The molecule has 0 spiro atoms. The van der Waals surface area contributed by atoms with Gasteiger partial charge in [-0.25, -0.2) is 0 Å². The van der Waals surface area contributed by atoms with Crippen molar-refractivity contribution >= 4 is 5.91 Å². The van der Waals surface area contributed by atoms with Crippen molar-refractivity contribution in [2.45, 2.75) is 32.2 Å². The number of carbonyl (C=O) groups excluding carboxylic acids is 1. The molecule has 1 aliphatic carbocycles. The van der Waals surface area contributed by atoms with Crippen LogP contribution in [0.25, 0.3) is 0 Å². The molecule has 0 radical (unpaired) electrons. The normalized spacial score (nSPS) is 21.1. The topological polar surface area (TPSA) is 47.6 Å².